The van der Waals surface area contributed by atoms with E-state index in [0.29, 0.717) is 42.8 Å². The molecule has 3 atom stereocenters. The molecule has 0 saturated carbocycles. The molecule has 0 radical (unpaired) electrons. The average Bonchev–Trinajstić information content (AvgIpc) is 3.04. The SMILES string of the molecule is CC(CCCS(=O)CCCC(C)(C(=O)O)c1ccccc1)(C(=O)O)C1=CC=CC=C=C1. The van der Waals surface area contributed by atoms with Crippen molar-refractivity contribution in [3.05, 3.63) is 77.6 Å². The second-order valence-corrected chi connectivity index (χ2v) is 9.88. The highest BCUT2D eigenvalue weighted by molar-refractivity contribution is 7.84. The van der Waals surface area contributed by atoms with Gasteiger partial charge in [-0.05, 0) is 62.8 Å². The summed E-state index contributed by atoms with van der Waals surface area (Å²) in [5, 5.41) is 19.5. The Morgan fingerprint density at radius 2 is 1.52 bits per heavy atom. The number of carboxylic acids is 2. The molecule has 3 unspecified atom stereocenters. The Morgan fingerprint density at radius 3 is 2.10 bits per heavy atom. The molecule has 0 bridgehead atoms. The van der Waals surface area contributed by atoms with Crippen molar-refractivity contribution in [2.24, 2.45) is 5.41 Å². The van der Waals surface area contributed by atoms with E-state index in [1.807, 2.05) is 18.2 Å². The fourth-order valence-corrected chi connectivity index (χ4v) is 4.77. The molecule has 2 rings (SSSR count). The maximum atomic E-state index is 12.5. The first-order chi connectivity index (χ1) is 14.7. The van der Waals surface area contributed by atoms with E-state index in [1.165, 1.54) is 0 Å². The quantitative estimate of drug-likeness (QED) is 0.460. The summed E-state index contributed by atoms with van der Waals surface area (Å²) in [6.07, 6.45) is 10.5. The average molecular weight is 443 g/mol. The standard InChI is InChI=1S/C25H30O5S/c1-24(22(26)27,20-12-6-3-4-7-13-20)16-10-18-31(30)19-11-17-25(2,23(28)29)21-14-8-5-9-15-21/h3-6,8-9,12-15H,10-11,16-19H2,1-2H3,(H,26,27)(H,28,29). The Morgan fingerprint density at radius 1 is 0.935 bits per heavy atom. The van der Waals surface area contributed by atoms with E-state index in [2.05, 4.69) is 5.73 Å². The summed E-state index contributed by atoms with van der Waals surface area (Å²) in [6, 6.07) is 9.09. The summed E-state index contributed by atoms with van der Waals surface area (Å²) in [5.74, 6) is -1.03. The van der Waals surface area contributed by atoms with E-state index in [4.69, 9.17) is 0 Å². The summed E-state index contributed by atoms with van der Waals surface area (Å²) < 4.78 is 12.5. The summed E-state index contributed by atoms with van der Waals surface area (Å²) in [6.45, 7) is 3.38. The first kappa shape index (κ1) is 24.6. The van der Waals surface area contributed by atoms with Gasteiger partial charge in [-0.25, -0.2) is 0 Å². The molecule has 1 aliphatic carbocycles. The fourth-order valence-electron chi connectivity index (χ4n) is 3.63. The van der Waals surface area contributed by atoms with Crippen LogP contribution in [-0.4, -0.2) is 37.9 Å². The van der Waals surface area contributed by atoms with Crippen LogP contribution in [0.1, 0.15) is 45.1 Å². The number of rotatable bonds is 12. The van der Waals surface area contributed by atoms with Crippen LogP contribution in [0, 0.1) is 5.41 Å². The molecule has 0 saturated heterocycles. The smallest absolute Gasteiger partial charge is 0.313 e. The van der Waals surface area contributed by atoms with Gasteiger partial charge in [0.05, 0.1) is 10.8 Å². The van der Waals surface area contributed by atoms with Crippen LogP contribution in [0.4, 0.5) is 0 Å². The molecule has 166 valence electrons. The van der Waals surface area contributed by atoms with Crippen LogP contribution >= 0.6 is 0 Å². The van der Waals surface area contributed by atoms with E-state index < -0.39 is 33.6 Å². The van der Waals surface area contributed by atoms with E-state index >= 15 is 0 Å². The monoisotopic (exact) mass is 442 g/mol. The van der Waals surface area contributed by atoms with Crippen molar-refractivity contribution in [2.45, 2.75) is 44.9 Å². The van der Waals surface area contributed by atoms with Gasteiger partial charge < -0.3 is 10.2 Å². The largest absolute Gasteiger partial charge is 0.481 e. The minimum atomic E-state index is -1.13. The molecule has 5 nitrogen and oxygen atoms in total. The molecule has 0 aromatic heterocycles. The summed E-state index contributed by atoms with van der Waals surface area (Å²) in [4.78, 5) is 23.8. The molecule has 0 fully saturated rings. The van der Waals surface area contributed by atoms with Gasteiger partial charge in [0.15, 0.2) is 0 Å². The minimum absolute atomic E-state index is 0.364. The van der Waals surface area contributed by atoms with E-state index in [1.54, 1.807) is 56.4 Å². The third-order valence-corrected chi connectivity index (χ3v) is 7.40. The molecule has 0 spiro atoms. The van der Waals surface area contributed by atoms with Gasteiger partial charge in [0, 0.05) is 22.3 Å². The zero-order valence-electron chi connectivity index (χ0n) is 18.0. The maximum Gasteiger partial charge on any atom is 0.313 e. The molecule has 31 heavy (non-hydrogen) atoms. The van der Waals surface area contributed by atoms with Gasteiger partial charge in [-0.3, -0.25) is 13.8 Å². The Hall–Kier alpha value is -2.69. The molecule has 0 heterocycles. The number of benzene rings is 1. The van der Waals surface area contributed by atoms with Gasteiger partial charge in [-0.2, -0.15) is 0 Å². The van der Waals surface area contributed by atoms with Crippen LogP contribution in [0.15, 0.2) is 72.0 Å². The third kappa shape index (κ3) is 6.39. The van der Waals surface area contributed by atoms with Gasteiger partial charge in [0.2, 0.25) is 0 Å². The third-order valence-electron chi connectivity index (χ3n) is 5.91. The normalized spacial score (nSPS) is 17.8. The number of aliphatic carboxylic acids is 2. The van der Waals surface area contributed by atoms with Crippen LogP contribution in [0.3, 0.4) is 0 Å². The lowest BCUT2D eigenvalue weighted by molar-refractivity contribution is -0.146. The molecule has 2 N–H and O–H groups in total. The molecular formula is C25H30O5S. The van der Waals surface area contributed by atoms with Crippen LogP contribution in [0.25, 0.3) is 0 Å². The highest BCUT2D eigenvalue weighted by Crippen LogP contribution is 2.34. The van der Waals surface area contributed by atoms with E-state index in [9.17, 15) is 24.0 Å². The highest BCUT2D eigenvalue weighted by atomic mass is 32.2. The highest BCUT2D eigenvalue weighted by Gasteiger charge is 2.36. The molecular weight excluding hydrogens is 412 g/mol. The van der Waals surface area contributed by atoms with Crippen LogP contribution < -0.4 is 0 Å². The van der Waals surface area contributed by atoms with Crippen LogP contribution in [0.5, 0.6) is 0 Å². The Bertz CT molecular complexity index is 940. The number of hydrogen-bond acceptors (Lipinski definition) is 3. The summed E-state index contributed by atoms with van der Waals surface area (Å²) in [5.41, 5.74) is 2.25. The number of carboxylic acid groups (broad SMARTS) is 2. The van der Waals surface area contributed by atoms with Crippen molar-refractivity contribution in [1.29, 1.82) is 0 Å². The second-order valence-electron chi connectivity index (χ2n) is 8.18. The minimum Gasteiger partial charge on any atom is -0.481 e. The lowest BCUT2D eigenvalue weighted by Crippen LogP contribution is -2.32. The van der Waals surface area contributed by atoms with Crippen LogP contribution in [0.2, 0.25) is 0 Å². The van der Waals surface area contributed by atoms with Crippen molar-refractivity contribution in [3.63, 3.8) is 0 Å². The second kappa shape index (κ2) is 11.1. The van der Waals surface area contributed by atoms with Gasteiger partial charge >= 0.3 is 11.9 Å². The molecule has 1 aliphatic rings. The van der Waals surface area contributed by atoms with Crippen LogP contribution in [-0.2, 0) is 25.8 Å². The number of allylic oxidation sites excluding steroid dienone is 4. The predicted octanol–water partition coefficient (Wildman–Crippen LogP) is 4.64. The van der Waals surface area contributed by atoms with Crippen molar-refractivity contribution < 1.29 is 24.0 Å². The van der Waals surface area contributed by atoms with Gasteiger partial charge in [0.1, 0.15) is 0 Å². The first-order valence-electron chi connectivity index (χ1n) is 10.4. The Kier molecular flexibility index (Phi) is 8.78. The molecule has 1 aromatic carbocycles. The Balaban J connectivity index is 1.89. The molecule has 1 aromatic rings. The maximum absolute atomic E-state index is 12.5. The lowest BCUT2D eigenvalue weighted by atomic mass is 9.78. The topological polar surface area (TPSA) is 91.7 Å². The van der Waals surface area contributed by atoms with E-state index in [-0.39, 0.29) is 0 Å². The van der Waals surface area contributed by atoms with Gasteiger partial charge in [-0.1, -0.05) is 48.6 Å². The van der Waals surface area contributed by atoms with Crippen molar-refractivity contribution >= 4 is 22.7 Å². The van der Waals surface area contributed by atoms with Gasteiger partial charge in [0.25, 0.3) is 0 Å². The summed E-state index contributed by atoms with van der Waals surface area (Å²) >= 11 is 0. The zero-order chi connectivity index (χ0) is 22.9. The van der Waals surface area contributed by atoms with Crippen molar-refractivity contribution in [2.75, 3.05) is 11.5 Å². The number of hydrogen-bond donors (Lipinski definition) is 2. The Labute approximate surface area is 186 Å². The van der Waals surface area contributed by atoms with Crippen molar-refractivity contribution in [3.8, 4) is 0 Å². The zero-order valence-corrected chi connectivity index (χ0v) is 18.9. The molecule has 0 aliphatic heterocycles. The van der Waals surface area contributed by atoms with E-state index in [0.717, 1.165) is 5.56 Å². The predicted molar refractivity (Wildman–Crippen MR) is 123 cm³/mol. The molecule has 6 heteroatoms. The fraction of sp³-hybridized carbons (Fsp3) is 0.400. The van der Waals surface area contributed by atoms with Crippen molar-refractivity contribution in [1.82, 2.24) is 0 Å². The lowest BCUT2D eigenvalue weighted by Gasteiger charge is -2.26. The summed E-state index contributed by atoms with van der Waals surface area (Å²) in [7, 11) is -1.13. The first-order valence-corrected chi connectivity index (χ1v) is 11.9. The van der Waals surface area contributed by atoms with Gasteiger partial charge in [-0.15, -0.1) is 5.73 Å². The number of carbonyl (C=O) groups is 2. The molecule has 0 amide bonds.